The number of benzene rings is 1. The molecule has 2 bridgehead atoms. The molecule has 9 heterocycles. The summed E-state index contributed by atoms with van der Waals surface area (Å²) in [5.74, 6) is -7.47. The molecule has 5 aliphatic rings. The van der Waals surface area contributed by atoms with Crippen molar-refractivity contribution < 1.29 is 110 Å². The van der Waals surface area contributed by atoms with Crippen molar-refractivity contribution in [1.29, 1.82) is 0 Å². The van der Waals surface area contributed by atoms with Crippen LogP contribution in [0, 0.1) is 29.6 Å². The number of oxazole rings is 1. The number of piperazine rings is 1. The minimum absolute atomic E-state index is 0.0175. The normalized spacial score (nSPS) is 26.6. The molecule has 133 heavy (non-hydrogen) atoms. The Morgan fingerprint density at radius 1 is 0.677 bits per heavy atom. The van der Waals surface area contributed by atoms with Crippen molar-refractivity contribution in [3.8, 4) is 17.1 Å². The predicted octanol–water partition coefficient (Wildman–Crippen LogP) is 6.62. The van der Waals surface area contributed by atoms with E-state index in [2.05, 4.69) is 40.1 Å². The Bertz CT molecular complexity index is 4810. The molecule has 3 saturated heterocycles. The van der Waals surface area contributed by atoms with Gasteiger partial charge >= 0.3 is 5.97 Å². The number of cyclic esters (lactones) is 1. The number of ketones is 3. The number of carbonyl (C=O) groups is 6. The fourth-order valence-electron chi connectivity index (χ4n) is 17.4. The first-order valence-electron chi connectivity index (χ1n) is 46.8. The molecule has 1 aliphatic carbocycles. The number of methoxy groups -OCH3 is 2. The number of rotatable bonds is 41. The van der Waals surface area contributed by atoms with E-state index in [0.29, 0.717) is 242 Å². The van der Waals surface area contributed by atoms with Crippen LogP contribution in [0.25, 0.3) is 39.2 Å². The number of Topliss-reactive ketones (excluding diaryl/α,β-unsaturated/α-hetero) is 3. The summed E-state index contributed by atoms with van der Waals surface area (Å²) in [6.45, 7) is 20.1. The minimum atomic E-state index is -2.49. The van der Waals surface area contributed by atoms with Crippen molar-refractivity contribution in [1.82, 2.24) is 59.5 Å². The van der Waals surface area contributed by atoms with E-state index in [-0.39, 0.29) is 86.2 Å². The molecule has 0 radical (unpaired) electrons. The standard InChI is InChI=1S/C94H138N16O23/c1-61-16-10-9-11-17-62(2)77(120-7)55-70-23-20-66(6)94(119,133-70)88(116)91(117)109-27-14-12-19-73(109)92(118)131-78(56-74(111)63(3)51-65(5)86(114)87(115)85(113)64(4)50-61)71(95)52-67-21-24-76(79(53-67)121-8)130-33-15-13-18-69-58-108(105-103-69)32-35-123-37-39-125-41-43-127-45-47-129-49-48-128-46-44-126-42-40-124-38-36-122-34-26-82(112)107-30-28-106(29-31-107)80-57-81(99-59-98-80)110-90-83(89(96)100-60-101-90)84(104-110)68-22-25-75-72(54-68)102-93(97)132-75/h9-11,16-17,22,25,51,54,57-61,63-64,66-67,70-71,73,76-79,86-87,114-115,119H,12-15,18-21,23-24,26-50,52-53,55-56,95H2,1-8H3,(H2,97,102)(H2,96,100,101)/b11-9+,16-10+,62-17+,65-51+/t61-,63-,64-,66-,67+,70+,71-,73+,76-,77+,78+,79-,86-,87+,94-/m1/s1. The van der Waals surface area contributed by atoms with Gasteiger partial charge in [-0.3, -0.25) is 24.0 Å². The van der Waals surface area contributed by atoms with Gasteiger partial charge in [-0.15, -0.1) is 5.10 Å². The molecule has 9 N–H and O–H groups in total. The number of anilines is 3. The van der Waals surface area contributed by atoms with Crippen molar-refractivity contribution in [2.24, 2.45) is 35.3 Å². The summed E-state index contributed by atoms with van der Waals surface area (Å²) in [6.07, 6.45) is 16.6. The summed E-state index contributed by atoms with van der Waals surface area (Å²) in [7, 11) is 3.20. The highest BCUT2D eigenvalue weighted by Gasteiger charge is 2.53. The zero-order valence-electron chi connectivity index (χ0n) is 78.2. The average Bonchev–Trinajstić information content (AvgIpc) is 1.67. The van der Waals surface area contributed by atoms with E-state index in [1.165, 1.54) is 25.7 Å². The first-order chi connectivity index (χ1) is 64.3. The van der Waals surface area contributed by atoms with Crippen LogP contribution < -0.4 is 22.1 Å². The highest BCUT2D eigenvalue weighted by molar-refractivity contribution is 6.39. The number of carbonyl (C=O) groups excluding carboxylic acids is 6. The van der Waals surface area contributed by atoms with Crippen LogP contribution in [-0.2, 0) is 103 Å². The summed E-state index contributed by atoms with van der Waals surface area (Å²) < 4.78 is 84.9. The molecule has 5 aromatic heterocycles. The summed E-state index contributed by atoms with van der Waals surface area (Å²) >= 11 is 0. The number of nitrogens with two attached hydrogens (primary N) is 3. The molecule has 732 valence electrons. The monoisotopic (exact) mass is 1860 g/mol. The van der Waals surface area contributed by atoms with E-state index in [4.69, 9.17) is 88.3 Å². The van der Waals surface area contributed by atoms with Crippen molar-refractivity contribution >= 4 is 74.9 Å². The second-order valence-electron chi connectivity index (χ2n) is 35.0. The van der Waals surface area contributed by atoms with Crippen LogP contribution >= 0.6 is 0 Å². The van der Waals surface area contributed by atoms with Crippen LogP contribution in [0.5, 0.6) is 0 Å². The lowest BCUT2D eigenvalue weighted by Crippen LogP contribution is -2.61. The number of hydrogen-bond donors (Lipinski definition) is 6. The molecule has 2 amide bonds. The minimum Gasteiger partial charge on any atom is -0.459 e. The number of hydrogen-bond acceptors (Lipinski definition) is 35. The number of aryl methyl sites for hydroxylation is 1. The topological polar surface area (TPSA) is 497 Å². The van der Waals surface area contributed by atoms with Crippen molar-refractivity contribution in [2.45, 2.75) is 211 Å². The molecule has 0 spiro atoms. The van der Waals surface area contributed by atoms with Crippen molar-refractivity contribution in [3.63, 3.8) is 0 Å². The quantitative estimate of drug-likeness (QED) is 0.0102. The van der Waals surface area contributed by atoms with Crippen molar-refractivity contribution in [3.05, 3.63) is 96.4 Å². The number of piperidine rings is 1. The number of unbranched alkanes of at least 4 members (excludes halogenated alkanes) is 1. The molecule has 39 nitrogen and oxygen atoms in total. The van der Waals surface area contributed by atoms with Gasteiger partial charge in [0.1, 0.15) is 65.6 Å². The van der Waals surface area contributed by atoms with Gasteiger partial charge in [0.2, 0.25) is 11.7 Å². The number of nitrogen functional groups attached to an aromatic ring is 2. The number of esters is 1. The maximum Gasteiger partial charge on any atom is 0.329 e. The van der Waals surface area contributed by atoms with Gasteiger partial charge < -0.3 is 113 Å². The maximum atomic E-state index is 14.7. The Kier molecular flexibility index (Phi) is 41.6. The predicted molar refractivity (Wildman–Crippen MR) is 490 cm³/mol. The SMILES string of the molecule is CO[C@H]1C[C@@H]2CC[C@@H](C)[C@@](O)(O2)C(=O)C(=O)N2CCCC[C@H]2C(=O)O[C@H]([C@H](N)C[C@@H]2CC[C@@H](OCCCCc3cn(CCOCCOCCOCCOCCOCCOCCOCCOCCC(=O)N4CCN(c5cc(-n6nc(-c7ccc8oc(N)nc8c7)c7c(N)ncnc76)ncn5)CC4)nn3)[C@H](OC)C2)CC(=O)[C@H](C)/C=C(\C)[C@@H](O)[C@@H](O)C(=O)[C@H](C)C[C@H](C)/C=C/C=C/C=C/1C. The van der Waals surface area contributed by atoms with Crippen LogP contribution in [0.1, 0.15) is 144 Å². The lowest BCUT2D eigenvalue weighted by molar-refractivity contribution is -0.265. The number of aliphatic hydroxyl groups is 3. The number of amides is 2. The zero-order chi connectivity index (χ0) is 94.8. The Labute approximate surface area is 776 Å². The van der Waals surface area contributed by atoms with E-state index in [1.54, 1.807) is 50.4 Å². The van der Waals surface area contributed by atoms with Crippen LogP contribution in [0.4, 0.5) is 17.7 Å². The largest absolute Gasteiger partial charge is 0.459 e. The summed E-state index contributed by atoms with van der Waals surface area (Å²) in [4.78, 5) is 112. The third kappa shape index (κ3) is 30.5. The third-order valence-electron chi connectivity index (χ3n) is 25.2. The first-order valence-corrected chi connectivity index (χ1v) is 46.8. The molecule has 1 saturated carbocycles. The van der Waals surface area contributed by atoms with Crippen LogP contribution in [0.3, 0.4) is 0 Å². The van der Waals surface area contributed by atoms with Crippen LogP contribution in [0.15, 0.2) is 95.1 Å². The average molecular weight is 1860 g/mol. The summed E-state index contributed by atoms with van der Waals surface area (Å²) in [5.41, 5.74) is 24.0. The number of fused-ring (bicyclic) bond motifs is 5. The fraction of sp³-hybridized carbons (Fsp3) is 0.660. The van der Waals surface area contributed by atoms with Gasteiger partial charge in [-0.05, 0) is 138 Å². The van der Waals surface area contributed by atoms with E-state index >= 15 is 0 Å². The summed E-state index contributed by atoms with van der Waals surface area (Å²) in [6, 6.07) is 5.19. The van der Waals surface area contributed by atoms with Gasteiger partial charge in [0.25, 0.3) is 17.7 Å². The molecular weight excluding hydrogens is 1720 g/mol. The zero-order valence-corrected chi connectivity index (χ0v) is 78.2. The first kappa shape index (κ1) is 104. The molecule has 4 aliphatic heterocycles. The van der Waals surface area contributed by atoms with E-state index in [1.807, 2.05) is 73.5 Å². The second-order valence-corrected chi connectivity index (χ2v) is 35.0. The molecule has 1 aromatic carbocycles. The highest BCUT2D eigenvalue weighted by Crippen LogP contribution is 2.39. The maximum absolute atomic E-state index is 14.7. The number of ether oxygens (including phenoxy) is 13. The Hall–Kier alpha value is -9.40. The lowest BCUT2D eigenvalue weighted by Gasteiger charge is -2.42. The number of allylic oxidation sites excluding steroid dienone is 6. The molecule has 4 fully saturated rings. The van der Waals surface area contributed by atoms with Gasteiger partial charge in [-0.25, -0.2) is 29.4 Å². The van der Waals surface area contributed by atoms with Gasteiger partial charge in [0.05, 0.1) is 154 Å². The van der Waals surface area contributed by atoms with Gasteiger partial charge in [-0.2, -0.15) is 14.8 Å². The highest BCUT2D eigenvalue weighted by atomic mass is 16.6. The van der Waals surface area contributed by atoms with Crippen LogP contribution in [-0.4, -0.2) is 330 Å². The smallest absolute Gasteiger partial charge is 0.329 e. The number of aromatic nitrogens is 10. The molecule has 0 unspecified atom stereocenters. The van der Waals surface area contributed by atoms with E-state index in [9.17, 15) is 44.1 Å². The Balaban J connectivity index is 0.497. The molecule has 15 atom stereocenters. The van der Waals surface area contributed by atoms with Gasteiger partial charge in [0.15, 0.2) is 22.8 Å². The molecule has 11 rings (SSSR count). The van der Waals surface area contributed by atoms with Gasteiger partial charge in [0, 0.05) is 108 Å². The Morgan fingerprint density at radius 3 is 2.03 bits per heavy atom. The third-order valence-corrected chi connectivity index (χ3v) is 25.2. The lowest BCUT2D eigenvalue weighted by atomic mass is 9.80. The second kappa shape index (κ2) is 53.2. The molecular formula is C94H138N16O23. The van der Waals surface area contributed by atoms with E-state index in [0.717, 1.165) is 34.6 Å². The molecule has 39 heteroatoms. The van der Waals surface area contributed by atoms with Gasteiger partial charge in [-0.1, -0.05) is 69.4 Å². The van der Waals surface area contributed by atoms with Crippen LogP contribution in [0.2, 0.25) is 0 Å². The Morgan fingerprint density at radius 2 is 1.35 bits per heavy atom. The number of aliphatic hydroxyl groups excluding tert-OH is 2. The number of nitrogens with zero attached hydrogens (tertiary/aromatic N) is 13. The van der Waals surface area contributed by atoms with Crippen molar-refractivity contribution in [2.75, 3.05) is 176 Å². The van der Waals surface area contributed by atoms with E-state index < -0.39 is 95.4 Å². The summed E-state index contributed by atoms with van der Waals surface area (Å²) in [5, 5.41) is 48.7. The fourth-order valence-corrected chi connectivity index (χ4v) is 17.4. The molecule has 6 aromatic rings.